The van der Waals surface area contributed by atoms with Gasteiger partial charge in [-0.25, -0.2) is 4.98 Å². The first-order chi connectivity index (χ1) is 13.2. The minimum atomic E-state index is -0.595. The lowest BCUT2D eigenvalue weighted by Gasteiger charge is -2.29. The SMILES string of the molecule is N[C@@H](Cc1cnc[nH]1)C(=O)N1CCc2[nH]nc(COc3ccccc3)c2C1. The van der Waals surface area contributed by atoms with Gasteiger partial charge in [-0.3, -0.25) is 9.89 Å². The summed E-state index contributed by atoms with van der Waals surface area (Å²) in [6.07, 6.45) is 4.45. The Kier molecular flexibility index (Phi) is 4.88. The number of para-hydroxylation sites is 1. The maximum Gasteiger partial charge on any atom is 0.240 e. The van der Waals surface area contributed by atoms with Crippen molar-refractivity contribution in [3.8, 4) is 5.75 Å². The zero-order valence-electron chi connectivity index (χ0n) is 14.9. The number of benzene rings is 1. The average molecular weight is 366 g/mol. The number of aromatic nitrogens is 4. The van der Waals surface area contributed by atoms with Crippen LogP contribution in [0, 0.1) is 0 Å². The number of amides is 1. The predicted octanol–water partition coefficient (Wildman–Crippen LogP) is 1.17. The van der Waals surface area contributed by atoms with E-state index in [2.05, 4.69) is 20.2 Å². The van der Waals surface area contributed by atoms with Gasteiger partial charge in [-0.2, -0.15) is 5.10 Å². The van der Waals surface area contributed by atoms with E-state index >= 15 is 0 Å². The molecule has 0 saturated carbocycles. The minimum Gasteiger partial charge on any atom is -0.487 e. The number of nitrogens with one attached hydrogen (secondary N) is 2. The molecule has 4 N–H and O–H groups in total. The van der Waals surface area contributed by atoms with Gasteiger partial charge in [0.15, 0.2) is 0 Å². The highest BCUT2D eigenvalue weighted by atomic mass is 16.5. The second kappa shape index (κ2) is 7.63. The molecule has 0 unspecified atom stereocenters. The van der Waals surface area contributed by atoms with Gasteiger partial charge in [0.1, 0.15) is 18.1 Å². The Labute approximate surface area is 156 Å². The Balaban J connectivity index is 1.41. The van der Waals surface area contributed by atoms with Crippen molar-refractivity contribution in [3.05, 3.63) is 65.5 Å². The molecule has 8 heteroatoms. The standard InChI is InChI=1S/C19H22N6O2/c20-16(8-13-9-21-12-22-13)19(26)25-7-6-17-15(10-25)18(24-23-17)11-27-14-4-2-1-3-5-14/h1-5,9,12,16H,6-8,10-11,20H2,(H,21,22)(H,23,24)/t16-/m0/s1. The second-order valence-corrected chi connectivity index (χ2v) is 6.63. The van der Waals surface area contributed by atoms with Crippen LogP contribution in [0.2, 0.25) is 0 Å². The van der Waals surface area contributed by atoms with Crippen molar-refractivity contribution in [1.29, 1.82) is 0 Å². The van der Waals surface area contributed by atoms with Gasteiger partial charge in [0.05, 0.1) is 12.4 Å². The molecule has 1 aliphatic heterocycles. The summed E-state index contributed by atoms with van der Waals surface area (Å²) in [5.74, 6) is 0.728. The summed E-state index contributed by atoms with van der Waals surface area (Å²) >= 11 is 0. The molecule has 0 aliphatic carbocycles. The van der Waals surface area contributed by atoms with Crippen LogP contribution in [0.15, 0.2) is 42.9 Å². The second-order valence-electron chi connectivity index (χ2n) is 6.63. The van der Waals surface area contributed by atoms with Crippen LogP contribution in [0.25, 0.3) is 0 Å². The van der Waals surface area contributed by atoms with Gasteiger partial charge in [0.25, 0.3) is 0 Å². The van der Waals surface area contributed by atoms with E-state index in [1.54, 1.807) is 17.4 Å². The van der Waals surface area contributed by atoms with Gasteiger partial charge in [0.2, 0.25) is 5.91 Å². The molecule has 0 spiro atoms. The molecule has 3 aromatic rings. The number of carbonyl (C=O) groups is 1. The lowest BCUT2D eigenvalue weighted by molar-refractivity contribution is -0.133. The van der Waals surface area contributed by atoms with Crippen LogP contribution >= 0.6 is 0 Å². The quantitative estimate of drug-likeness (QED) is 0.606. The molecule has 27 heavy (non-hydrogen) atoms. The highest BCUT2D eigenvalue weighted by Crippen LogP contribution is 2.22. The third kappa shape index (κ3) is 3.85. The number of fused-ring (bicyclic) bond motifs is 1. The van der Waals surface area contributed by atoms with Crippen LogP contribution in [0.4, 0.5) is 0 Å². The Bertz CT molecular complexity index is 890. The summed E-state index contributed by atoms with van der Waals surface area (Å²) in [6.45, 7) is 1.48. The number of hydrogen-bond acceptors (Lipinski definition) is 5. The van der Waals surface area contributed by atoms with Gasteiger partial charge in [-0.1, -0.05) is 18.2 Å². The van der Waals surface area contributed by atoms with Crippen molar-refractivity contribution in [2.24, 2.45) is 5.73 Å². The van der Waals surface area contributed by atoms with Crippen LogP contribution in [-0.2, 0) is 30.8 Å². The first-order valence-corrected chi connectivity index (χ1v) is 8.95. The van der Waals surface area contributed by atoms with E-state index in [0.29, 0.717) is 26.1 Å². The van der Waals surface area contributed by atoms with Gasteiger partial charge in [-0.05, 0) is 12.1 Å². The van der Waals surface area contributed by atoms with Gasteiger partial charge < -0.3 is 20.4 Å². The Hall–Kier alpha value is -3.13. The van der Waals surface area contributed by atoms with Crippen LogP contribution < -0.4 is 10.5 Å². The van der Waals surface area contributed by atoms with Crippen molar-refractivity contribution in [3.63, 3.8) is 0 Å². The van der Waals surface area contributed by atoms with Gasteiger partial charge in [-0.15, -0.1) is 0 Å². The van der Waals surface area contributed by atoms with Gasteiger partial charge in [0, 0.05) is 49.1 Å². The number of imidazole rings is 1. The molecule has 1 aromatic carbocycles. The average Bonchev–Trinajstić information content (AvgIpc) is 3.35. The van der Waals surface area contributed by atoms with Crippen molar-refractivity contribution in [2.45, 2.75) is 32.0 Å². The number of nitrogens with two attached hydrogens (primary N) is 1. The molecule has 4 rings (SSSR count). The van der Waals surface area contributed by atoms with E-state index < -0.39 is 6.04 Å². The fourth-order valence-corrected chi connectivity index (χ4v) is 3.29. The minimum absolute atomic E-state index is 0.0635. The van der Waals surface area contributed by atoms with Crippen molar-refractivity contribution in [1.82, 2.24) is 25.1 Å². The maximum atomic E-state index is 12.8. The predicted molar refractivity (Wildman–Crippen MR) is 98.7 cm³/mol. The third-order valence-electron chi connectivity index (χ3n) is 4.76. The van der Waals surface area contributed by atoms with Crippen LogP contribution in [0.5, 0.6) is 5.75 Å². The van der Waals surface area contributed by atoms with Crippen LogP contribution in [0.3, 0.4) is 0 Å². The van der Waals surface area contributed by atoms with Crippen molar-refractivity contribution >= 4 is 5.91 Å². The zero-order valence-corrected chi connectivity index (χ0v) is 14.9. The molecule has 3 heterocycles. The summed E-state index contributed by atoms with van der Waals surface area (Å²) < 4.78 is 5.81. The molecular formula is C19H22N6O2. The van der Waals surface area contributed by atoms with Gasteiger partial charge >= 0.3 is 0 Å². The first kappa shape index (κ1) is 17.3. The van der Waals surface area contributed by atoms with Crippen LogP contribution in [-0.4, -0.2) is 43.6 Å². The molecule has 0 saturated heterocycles. The molecule has 1 atom stereocenters. The highest BCUT2D eigenvalue weighted by Gasteiger charge is 2.28. The topological polar surface area (TPSA) is 113 Å². The third-order valence-corrected chi connectivity index (χ3v) is 4.76. The molecular weight excluding hydrogens is 344 g/mol. The number of ether oxygens (including phenoxy) is 1. The lowest BCUT2D eigenvalue weighted by atomic mass is 10.0. The van der Waals surface area contributed by atoms with E-state index in [1.165, 1.54) is 0 Å². The number of H-pyrrole nitrogens is 2. The number of carbonyl (C=O) groups excluding carboxylic acids is 1. The van der Waals surface area contributed by atoms with E-state index in [4.69, 9.17) is 10.5 Å². The van der Waals surface area contributed by atoms with E-state index in [0.717, 1.165) is 34.8 Å². The van der Waals surface area contributed by atoms with E-state index in [-0.39, 0.29) is 5.91 Å². The fraction of sp³-hybridized carbons (Fsp3) is 0.316. The molecule has 0 fully saturated rings. The van der Waals surface area contributed by atoms with Crippen LogP contribution in [0.1, 0.15) is 22.6 Å². The van der Waals surface area contributed by atoms with E-state index in [1.807, 2.05) is 30.3 Å². The maximum absolute atomic E-state index is 12.8. The smallest absolute Gasteiger partial charge is 0.240 e. The first-order valence-electron chi connectivity index (χ1n) is 8.95. The number of aromatic amines is 2. The normalized spacial score (nSPS) is 14.6. The number of nitrogens with zero attached hydrogens (tertiary/aromatic N) is 3. The summed E-state index contributed by atoms with van der Waals surface area (Å²) in [4.78, 5) is 21.5. The number of rotatable bonds is 6. The molecule has 2 aromatic heterocycles. The molecule has 0 radical (unpaired) electrons. The lowest BCUT2D eigenvalue weighted by Crippen LogP contribution is -2.46. The summed E-state index contributed by atoms with van der Waals surface area (Å²) in [7, 11) is 0. The van der Waals surface area contributed by atoms with Crippen molar-refractivity contribution in [2.75, 3.05) is 6.54 Å². The monoisotopic (exact) mass is 366 g/mol. The fourth-order valence-electron chi connectivity index (χ4n) is 3.29. The molecule has 0 bridgehead atoms. The van der Waals surface area contributed by atoms with E-state index in [9.17, 15) is 4.79 Å². The Morgan fingerprint density at radius 1 is 1.33 bits per heavy atom. The Morgan fingerprint density at radius 2 is 2.19 bits per heavy atom. The molecule has 1 amide bonds. The molecule has 140 valence electrons. The van der Waals surface area contributed by atoms with Crippen molar-refractivity contribution < 1.29 is 9.53 Å². The number of hydrogen-bond donors (Lipinski definition) is 3. The highest BCUT2D eigenvalue weighted by molar-refractivity contribution is 5.82. The molecule has 1 aliphatic rings. The Morgan fingerprint density at radius 3 is 2.96 bits per heavy atom. The largest absolute Gasteiger partial charge is 0.487 e. The summed E-state index contributed by atoms with van der Waals surface area (Å²) in [5.41, 5.74) is 9.89. The zero-order chi connectivity index (χ0) is 18.6. The molecule has 8 nitrogen and oxygen atoms in total. The summed E-state index contributed by atoms with van der Waals surface area (Å²) in [5, 5.41) is 7.45. The summed E-state index contributed by atoms with van der Waals surface area (Å²) in [6, 6.07) is 9.02.